The van der Waals surface area contributed by atoms with Crippen molar-refractivity contribution >= 4 is 28.8 Å². The molecule has 0 fully saturated rings. The largest absolute Gasteiger partial charge is 0.344 e. The van der Waals surface area contributed by atoms with Crippen molar-refractivity contribution in [1.82, 2.24) is 20.1 Å². The lowest BCUT2D eigenvalue weighted by molar-refractivity contribution is 0.0941. The van der Waals surface area contributed by atoms with E-state index in [-0.39, 0.29) is 5.91 Å². The van der Waals surface area contributed by atoms with E-state index in [1.807, 2.05) is 5.38 Å². The van der Waals surface area contributed by atoms with Crippen LogP contribution in [0.1, 0.15) is 33.8 Å². The summed E-state index contributed by atoms with van der Waals surface area (Å²) in [6.07, 6.45) is 0.900. The number of rotatable bonds is 4. The molecule has 0 saturated heterocycles. The van der Waals surface area contributed by atoms with Gasteiger partial charge in [-0.25, -0.2) is 4.98 Å². The van der Waals surface area contributed by atoms with Crippen LogP contribution in [0.3, 0.4) is 0 Å². The van der Waals surface area contributed by atoms with Crippen LogP contribution in [0, 0.1) is 6.92 Å². The van der Waals surface area contributed by atoms with Crippen LogP contribution in [-0.4, -0.2) is 20.7 Å². The molecule has 2 aromatic rings. The van der Waals surface area contributed by atoms with E-state index < -0.39 is 0 Å². The Hall–Kier alpha value is -1.40. The van der Waals surface area contributed by atoms with E-state index in [9.17, 15) is 4.79 Å². The second-order valence-electron chi connectivity index (χ2n) is 4.14. The van der Waals surface area contributed by atoms with Crippen LogP contribution in [0.15, 0.2) is 5.38 Å². The minimum atomic E-state index is -0.235. The molecule has 0 bridgehead atoms. The molecular weight excluding hydrogens is 284 g/mol. The molecule has 1 amide bonds. The van der Waals surface area contributed by atoms with Gasteiger partial charge in [-0.3, -0.25) is 9.48 Å². The number of nitrogens with one attached hydrogen (secondary N) is 1. The van der Waals surface area contributed by atoms with Crippen molar-refractivity contribution < 1.29 is 4.79 Å². The van der Waals surface area contributed by atoms with Gasteiger partial charge in [0.05, 0.1) is 23.0 Å². The molecule has 2 heterocycles. The molecule has 0 saturated carbocycles. The lowest BCUT2D eigenvalue weighted by atomic mass is 10.3. The van der Waals surface area contributed by atoms with Crippen LogP contribution in [-0.2, 0) is 20.0 Å². The summed E-state index contributed by atoms with van der Waals surface area (Å²) in [5.74, 6) is -0.235. The van der Waals surface area contributed by atoms with E-state index in [4.69, 9.17) is 11.6 Å². The van der Waals surface area contributed by atoms with Crippen molar-refractivity contribution in [3.05, 3.63) is 32.5 Å². The summed E-state index contributed by atoms with van der Waals surface area (Å²) in [5, 5.41) is 10.2. The number of thiazole rings is 1. The van der Waals surface area contributed by atoms with Crippen molar-refractivity contribution in [1.29, 1.82) is 0 Å². The van der Waals surface area contributed by atoms with Gasteiger partial charge in [0, 0.05) is 12.4 Å². The maximum absolute atomic E-state index is 12.1. The minimum absolute atomic E-state index is 0.235. The summed E-state index contributed by atoms with van der Waals surface area (Å²) in [6.45, 7) is 4.23. The van der Waals surface area contributed by atoms with E-state index in [1.165, 1.54) is 4.68 Å². The number of hydrogen-bond donors (Lipinski definition) is 1. The predicted octanol–water partition coefficient (Wildman–Crippen LogP) is 2.33. The Labute approximate surface area is 120 Å². The zero-order valence-corrected chi connectivity index (χ0v) is 12.6. The summed E-state index contributed by atoms with van der Waals surface area (Å²) in [7, 11) is 1.70. The standard InChI is InChI=1S/C12H15ClN4OS/c1-4-8-6-19-9(15-8)5-14-12(18)11-10(13)7(2)16-17(11)3/h6H,4-5H2,1-3H3,(H,14,18). The normalized spacial score (nSPS) is 10.7. The monoisotopic (exact) mass is 298 g/mol. The summed E-state index contributed by atoms with van der Waals surface area (Å²) in [5.41, 5.74) is 2.08. The maximum Gasteiger partial charge on any atom is 0.271 e. The molecule has 2 rings (SSSR count). The minimum Gasteiger partial charge on any atom is -0.344 e. The molecular formula is C12H15ClN4OS. The third-order valence-electron chi connectivity index (χ3n) is 2.73. The van der Waals surface area contributed by atoms with E-state index >= 15 is 0 Å². The van der Waals surface area contributed by atoms with Gasteiger partial charge in [0.15, 0.2) is 0 Å². The van der Waals surface area contributed by atoms with Gasteiger partial charge in [0.25, 0.3) is 5.91 Å². The summed E-state index contributed by atoms with van der Waals surface area (Å²) in [6, 6.07) is 0. The van der Waals surface area contributed by atoms with E-state index in [0.29, 0.717) is 23.0 Å². The van der Waals surface area contributed by atoms with E-state index in [2.05, 4.69) is 22.3 Å². The second kappa shape index (κ2) is 5.71. The average Bonchev–Trinajstić information content (AvgIpc) is 2.93. The number of aryl methyl sites for hydroxylation is 3. The third kappa shape index (κ3) is 2.96. The Morgan fingerprint density at radius 1 is 1.58 bits per heavy atom. The van der Waals surface area contributed by atoms with E-state index in [1.54, 1.807) is 25.3 Å². The molecule has 1 N–H and O–H groups in total. The molecule has 102 valence electrons. The highest BCUT2D eigenvalue weighted by molar-refractivity contribution is 7.09. The first-order valence-corrected chi connectivity index (χ1v) is 7.19. The number of amides is 1. The van der Waals surface area contributed by atoms with Crippen LogP contribution >= 0.6 is 22.9 Å². The van der Waals surface area contributed by atoms with Crippen molar-refractivity contribution in [3.63, 3.8) is 0 Å². The summed E-state index contributed by atoms with van der Waals surface area (Å²) >= 11 is 7.60. The Bertz CT molecular complexity index is 605. The fourth-order valence-corrected chi connectivity index (χ4v) is 2.77. The fourth-order valence-electron chi connectivity index (χ4n) is 1.71. The molecule has 0 aliphatic carbocycles. The quantitative estimate of drug-likeness (QED) is 0.942. The molecule has 5 nitrogen and oxygen atoms in total. The Morgan fingerprint density at radius 3 is 2.84 bits per heavy atom. The predicted molar refractivity (Wildman–Crippen MR) is 75.6 cm³/mol. The number of nitrogens with zero attached hydrogens (tertiary/aromatic N) is 3. The van der Waals surface area contributed by atoms with Gasteiger partial charge >= 0.3 is 0 Å². The molecule has 0 aliphatic heterocycles. The van der Waals surface area contributed by atoms with Crippen molar-refractivity contribution in [2.75, 3.05) is 0 Å². The summed E-state index contributed by atoms with van der Waals surface area (Å²) in [4.78, 5) is 16.5. The van der Waals surface area contributed by atoms with Crippen LogP contribution < -0.4 is 5.32 Å². The first-order chi connectivity index (χ1) is 9.02. The van der Waals surface area contributed by atoms with Crippen LogP contribution in [0.25, 0.3) is 0 Å². The highest BCUT2D eigenvalue weighted by Crippen LogP contribution is 2.19. The second-order valence-corrected chi connectivity index (χ2v) is 5.46. The number of hydrogen-bond acceptors (Lipinski definition) is 4. The molecule has 0 aromatic carbocycles. The molecule has 2 aromatic heterocycles. The molecule has 7 heteroatoms. The van der Waals surface area contributed by atoms with Gasteiger partial charge in [0.1, 0.15) is 10.7 Å². The number of aromatic nitrogens is 3. The van der Waals surface area contributed by atoms with Crippen molar-refractivity contribution in [3.8, 4) is 0 Å². The SMILES string of the molecule is CCc1csc(CNC(=O)c2c(Cl)c(C)nn2C)n1. The van der Waals surface area contributed by atoms with Crippen molar-refractivity contribution in [2.45, 2.75) is 26.8 Å². The van der Waals surface area contributed by atoms with Gasteiger partial charge in [0.2, 0.25) is 0 Å². The topological polar surface area (TPSA) is 59.8 Å². The third-order valence-corrected chi connectivity index (χ3v) is 4.08. The molecule has 0 aliphatic rings. The van der Waals surface area contributed by atoms with E-state index in [0.717, 1.165) is 17.1 Å². The maximum atomic E-state index is 12.1. The smallest absolute Gasteiger partial charge is 0.271 e. The number of carbonyl (C=O) groups excluding carboxylic acids is 1. The molecule has 0 spiro atoms. The van der Waals surface area contributed by atoms with Gasteiger partial charge in [-0.05, 0) is 13.3 Å². The molecule has 0 unspecified atom stereocenters. The van der Waals surface area contributed by atoms with Gasteiger partial charge in [-0.2, -0.15) is 5.10 Å². The van der Waals surface area contributed by atoms with Crippen LogP contribution in [0.4, 0.5) is 0 Å². The average molecular weight is 299 g/mol. The summed E-state index contributed by atoms with van der Waals surface area (Å²) < 4.78 is 1.49. The zero-order valence-electron chi connectivity index (χ0n) is 11.0. The van der Waals surface area contributed by atoms with Gasteiger partial charge < -0.3 is 5.32 Å². The first kappa shape index (κ1) is 14.0. The van der Waals surface area contributed by atoms with Gasteiger partial charge in [-0.15, -0.1) is 11.3 Å². The lowest BCUT2D eigenvalue weighted by Crippen LogP contribution is -2.25. The lowest BCUT2D eigenvalue weighted by Gasteiger charge is -2.03. The van der Waals surface area contributed by atoms with Crippen LogP contribution in [0.5, 0.6) is 0 Å². The zero-order chi connectivity index (χ0) is 14.0. The highest BCUT2D eigenvalue weighted by atomic mass is 35.5. The van der Waals surface area contributed by atoms with Gasteiger partial charge in [-0.1, -0.05) is 18.5 Å². The Morgan fingerprint density at radius 2 is 2.32 bits per heavy atom. The fraction of sp³-hybridized carbons (Fsp3) is 0.417. The van der Waals surface area contributed by atoms with Crippen LogP contribution in [0.2, 0.25) is 5.02 Å². The molecule has 0 radical (unpaired) electrons. The first-order valence-electron chi connectivity index (χ1n) is 5.93. The highest BCUT2D eigenvalue weighted by Gasteiger charge is 2.18. The molecule has 0 atom stereocenters. The Kier molecular flexibility index (Phi) is 4.21. The number of halogens is 1. The molecule has 19 heavy (non-hydrogen) atoms. The number of carbonyl (C=O) groups is 1. The van der Waals surface area contributed by atoms with Crippen molar-refractivity contribution in [2.24, 2.45) is 7.05 Å². The Balaban J connectivity index is 2.05.